The van der Waals surface area contributed by atoms with Crippen LogP contribution in [0.5, 0.6) is 0 Å². The molecule has 2 heterocycles. The van der Waals surface area contributed by atoms with E-state index in [4.69, 9.17) is 5.73 Å². The highest BCUT2D eigenvalue weighted by Crippen LogP contribution is 2.41. The Bertz CT molecular complexity index is 1060. The van der Waals surface area contributed by atoms with Gasteiger partial charge in [0.05, 0.1) is 17.9 Å². The lowest BCUT2D eigenvalue weighted by molar-refractivity contribution is -0.208. The van der Waals surface area contributed by atoms with Gasteiger partial charge in [-0.15, -0.1) is 0 Å². The third kappa shape index (κ3) is 4.73. The predicted octanol–water partition coefficient (Wildman–Crippen LogP) is 3.83. The fourth-order valence-corrected chi connectivity index (χ4v) is 3.03. The maximum absolute atomic E-state index is 14.5. The van der Waals surface area contributed by atoms with E-state index < -0.39 is 71.2 Å². The molecule has 2 aromatic rings. The van der Waals surface area contributed by atoms with Crippen molar-refractivity contribution in [2.24, 2.45) is 10.7 Å². The molecular formula is C18H14F7N5O2. The number of anilines is 1. The highest BCUT2D eigenvalue weighted by molar-refractivity contribution is 6.02. The Balaban J connectivity index is 1.94. The van der Waals surface area contributed by atoms with Gasteiger partial charge < -0.3 is 15.8 Å². The van der Waals surface area contributed by atoms with E-state index in [0.29, 0.717) is 12.3 Å². The second-order valence-corrected chi connectivity index (χ2v) is 6.98. The molecule has 3 N–H and O–H groups in total. The highest BCUT2D eigenvalue weighted by atomic mass is 19.4. The minimum atomic E-state index is -4.86. The lowest BCUT2D eigenvalue weighted by Crippen LogP contribution is -2.46. The molecule has 0 radical (unpaired) electrons. The van der Waals surface area contributed by atoms with E-state index in [1.807, 2.05) is 0 Å². The van der Waals surface area contributed by atoms with E-state index in [9.17, 15) is 35.5 Å². The Morgan fingerprint density at radius 2 is 1.94 bits per heavy atom. The van der Waals surface area contributed by atoms with E-state index in [1.54, 1.807) is 0 Å². The number of amidine groups is 1. The number of nitrogens with two attached hydrogens (primary N) is 1. The van der Waals surface area contributed by atoms with Crippen molar-refractivity contribution in [3.8, 4) is 0 Å². The molecule has 1 aliphatic rings. The number of aliphatic imine (C=N–C) groups is 1. The standard InChI is InChI=1S/C18H14F7N5O2/c1-17(4-12(18(23,24)25)32-16(26)30-17)8-2-7(3-9(19)13(8)20)29-15(31)11-6-27-10(5-28-11)14(21)22/h2-3,5-6,12,14H,4H2,1H3,(H2,26,30)(H,29,31)/t12-,17-/m0/s1. The van der Waals surface area contributed by atoms with Gasteiger partial charge in [0, 0.05) is 23.7 Å². The van der Waals surface area contributed by atoms with Crippen LogP contribution >= 0.6 is 0 Å². The van der Waals surface area contributed by atoms with Crippen LogP contribution in [0, 0.1) is 11.6 Å². The van der Waals surface area contributed by atoms with Gasteiger partial charge in [-0.1, -0.05) is 0 Å². The molecule has 0 unspecified atom stereocenters. The number of benzene rings is 1. The van der Waals surface area contributed by atoms with Gasteiger partial charge in [-0.2, -0.15) is 13.2 Å². The molecule has 0 saturated heterocycles. The summed E-state index contributed by atoms with van der Waals surface area (Å²) in [5.74, 6) is -3.99. The van der Waals surface area contributed by atoms with Gasteiger partial charge in [0.1, 0.15) is 11.4 Å². The van der Waals surface area contributed by atoms with Crippen LogP contribution in [-0.2, 0) is 10.3 Å². The van der Waals surface area contributed by atoms with Crippen molar-refractivity contribution < 1.29 is 40.3 Å². The zero-order chi connectivity index (χ0) is 23.8. The first-order chi connectivity index (χ1) is 14.8. The van der Waals surface area contributed by atoms with Crippen LogP contribution in [0.15, 0.2) is 29.5 Å². The third-order valence-corrected chi connectivity index (χ3v) is 4.56. The second kappa shape index (κ2) is 8.24. The average molecular weight is 465 g/mol. The number of carbonyl (C=O) groups excluding carboxylic acids is 1. The number of nitrogens with one attached hydrogen (secondary N) is 1. The number of rotatable bonds is 4. The molecule has 32 heavy (non-hydrogen) atoms. The monoisotopic (exact) mass is 465 g/mol. The summed E-state index contributed by atoms with van der Waals surface area (Å²) in [6.07, 6.45) is -9.70. The first kappa shape index (κ1) is 23.2. The summed E-state index contributed by atoms with van der Waals surface area (Å²) >= 11 is 0. The van der Waals surface area contributed by atoms with E-state index in [0.717, 1.165) is 19.2 Å². The van der Waals surface area contributed by atoms with Crippen molar-refractivity contribution in [3.05, 3.63) is 53.1 Å². The van der Waals surface area contributed by atoms with Crippen molar-refractivity contribution in [3.63, 3.8) is 0 Å². The van der Waals surface area contributed by atoms with E-state index >= 15 is 0 Å². The zero-order valence-electron chi connectivity index (χ0n) is 16.1. The summed E-state index contributed by atoms with van der Waals surface area (Å²) in [5.41, 5.74) is 1.27. The number of halogens is 7. The van der Waals surface area contributed by atoms with E-state index in [-0.39, 0.29) is 5.69 Å². The van der Waals surface area contributed by atoms with Crippen molar-refractivity contribution in [1.29, 1.82) is 0 Å². The van der Waals surface area contributed by atoms with E-state index in [2.05, 4.69) is 25.0 Å². The molecule has 0 fully saturated rings. The Morgan fingerprint density at radius 3 is 2.50 bits per heavy atom. The quantitative estimate of drug-likeness (QED) is 0.669. The van der Waals surface area contributed by atoms with Crippen molar-refractivity contribution >= 4 is 17.6 Å². The molecule has 1 aromatic carbocycles. The lowest BCUT2D eigenvalue weighted by Gasteiger charge is -2.36. The van der Waals surface area contributed by atoms with Gasteiger partial charge in [0.15, 0.2) is 17.7 Å². The lowest BCUT2D eigenvalue weighted by atomic mass is 9.85. The Hall–Kier alpha value is -3.45. The van der Waals surface area contributed by atoms with Gasteiger partial charge in [0.25, 0.3) is 18.4 Å². The molecule has 172 valence electrons. The van der Waals surface area contributed by atoms with Crippen LogP contribution in [0.1, 0.15) is 41.5 Å². The Kier molecular flexibility index (Phi) is 5.98. The normalized spacial score (nSPS) is 21.2. The maximum atomic E-state index is 14.5. The molecule has 0 spiro atoms. The molecule has 1 amide bonds. The first-order valence-electron chi connectivity index (χ1n) is 8.80. The Morgan fingerprint density at radius 1 is 1.25 bits per heavy atom. The zero-order valence-corrected chi connectivity index (χ0v) is 16.1. The molecule has 0 aliphatic carbocycles. The molecule has 7 nitrogen and oxygen atoms in total. The summed E-state index contributed by atoms with van der Waals surface area (Å²) in [4.78, 5) is 22.8. The van der Waals surface area contributed by atoms with Crippen LogP contribution in [-0.4, -0.2) is 34.2 Å². The van der Waals surface area contributed by atoms with Crippen LogP contribution in [0.3, 0.4) is 0 Å². The van der Waals surface area contributed by atoms with Crippen LogP contribution in [0.2, 0.25) is 0 Å². The van der Waals surface area contributed by atoms with Gasteiger partial charge in [-0.05, 0) is 13.0 Å². The number of alkyl halides is 5. The largest absolute Gasteiger partial charge is 0.452 e. The summed E-state index contributed by atoms with van der Waals surface area (Å²) < 4.78 is 97.7. The van der Waals surface area contributed by atoms with Crippen LogP contribution in [0.4, 0.5) is 36.4 Å². The van der Waals surface area contributed by atoms with E-state index in [1.165, 1.54) is 0 Å². The molecule has 0 saturated carbocycles. The average Bonchev–Trinajstić information content (AvgIpc) is 2.69. The van der Waals surface area contributed by atoms with Gasteiger partial charge in [-0.25, -0.2) is 27.5 Å². The number of carbonyl (C=O) groups is 1. The SMILES string of the molecule is C[C@@]1(c2cc(NC(=O)c3cnc(C(F)F)cn3)cc(F)c2F)C[C@@H](C(F)(F)F)OC(N)=N1. The van der Waals surface area contributed by atoms with Gasteiger partial charge >= 0.3 is 6.18 Å². The number of hydrogen-bond acceptors (Lipinski definition) is 6. The number of amides is 1. The van der Waals surface area contributed by atoms with Crippen molar-refractivity contribution in [2.75, 3.05) is 5.32 Å². The fraction of sp³-hybridized carbons (Fsp3) is 0.333. The summed E-state index contributed by atoms with van der Waals surface area (Å²) in [6.45, 7) is 1.10. The van der Waals surface area contributed by atoms with Crippen molar-refractivity contribution in [1.82, 2.24) is 9.97 Å². The summed E-state index contributed by atoms with van der Waals surface area (Å²) in [7, 11) is 0. The molecule has 1 aliphatic heterocycles. The number of aromatic nitrogens is 2. The fourth-order valence-electron chi connectivity index (χ4n) is 3.03. The molecule has 2 atom stereocenters. The van der Waals surface area contributed by atoms with Crippen molar-refractivity contribution in [2.45, 2.75) is 37.6 Å². The number of nitrogens with zero attached hydrogens (tertiary/aromatic N) is 3. The first-order valence-corrected chi connectivity index (χ1v) is 8.80. The second-order valence-electron chi connectivity index (χ2n) is 6.98. The van der Waals surface area contributed by atoms with Gasteiger partial charge in [-0.3, -0.25) is 9.78 Å². The summed E-state index contributed by atoms with van der Waals surface area (Å²) in [5, 5.41) is 2.16. The minimum Gasteiger partial charge on any atom is -0.452 e. The smallest absolute Gasteiger partial charge is 0.425 e. The third-order valence-electron chi connectivity index (χ3n) is 4.56. The molecule has 0 bridgehead atoms. The number of hydrogen-bond donors (Lipinski definition) is 2. The topological polar surface area (TPSA) is 102 Å². The minimum absolute atomic E-state index is 0.353. The molecular weight excluding hydrogens is 451 g/mol. The predicted molar refractivity (Wildman–Crippen MR) is 95.8 cm³/mol. The molecule has 1 aromatic heterocycles. The van der Waals surface area contributed by atoms with Crippen LogP contribution in [0.25, 0.3) is 0 Å². The number of ether oxygens (including phenoxy) is 1. The Labute approximate surface area is 175 Å². The molecule has 3 rings (SSSR count). The summed E-state index contributed by atoms with van der Waals surface area (Å²) in [6, 6.07) is 0.589. The van der Waals surface area contributed by atoms with Gasteiger partial charge in [0.2, 0.25) is 0 Å². The maximum Gasteiger partial charge on any atom is 0.425 e. The van der Waals surface area contributed by atoms with Crippen LogP contribution < -0.4 is 11.1 Å². The highest BCUT2D eigenvalue weighted by Gasteiger charge is 2.50. The molecule has 14 heteroatoms.